The van der Waals surface area contributed by atoms with Gasteiger partial charge in [-0.2, -0.15) is 0 Å². The van der Waals surface area contributed by atoms with Crippen LogP contribution in [0.25, 0.3) is 0 Å². The van der Waals surface area contributed by atoms with Crippen LogP contribution in [-0.2, 0) is 11.2 Å². The van der Waals surface area contributed by atoms with Crippen molar-refractivity contribution < 1.29 is 9.59 Å². The third-order valence-corrected chi connectivity index (χ3v) is 9.43. The van der Waals surface area contributed by atoms with E-state index >= 15 is 0 Å². The van der Waals surface area contributed by atoms with Crippen LogP contribution in [0.15, 0.2) is 22.9 Å². The molecule has 0 spiro atoms. The number of piperidine rings is 1. The number of nitrogens with zero attached hydrogens (tertiary/aromatic N) is 2. The van der Waals surface area contributed by atoms with Gasteiger partial charge in [0.15, 0.2) is 0 Å². The van der Waals surface area contributed by atoms with Crippen LogP contribution < -0.4 is 5.32 Å². The minimum Gasteiger partial charge on any atom is -0.392 e. The van der Waals surface area contributed by atoms with Gasteiger partial charge in [-0.05, 0) is 94.0 Å². The maximum Gasteiger partial charge on any atom is 0.255 e. The summed E-state index contributed by atoms with van der Waals surface area (Å²) in [5, 5.41) is 3.10. The van der Waals surface area contributed by atoms with Gasteiger partial charge in [0.05, 0.1) is 5.56 Å². The summed E-state index contributed by atoms with van der Waals surface area (Å²) in [5.41, 5.74) is 5.00. The number of allylic oxidation sites excluding steroid dienone is 3. The van der Waals surface area contributed by atoms with Gasteiger partial charge in [-0.25, -0.2) is 0 Å². The van der Waals surface area contributed by atoms with Gasteiger partial charge in [0.2, 0.25) is 0 Å². The first kappa shape index (κ1) is 28.6. The molecule has 200 valence electrons. The number of rotatable bonds is 8. The predicted octanol–water partition coefficient (Wildman–Crippen LogP) is 5.95. The molecule has 1 fully saturated rings. The Morgan fingerprint density at radius 2 is 1.86 bits per heavy atom. The van der Waals surface area contributed by atoms with Crippen molar-refractivity contribution in [2.24, 2.45) is 11.3 Å². The van der Waals surface area contributed by atoms with E-state index in [1.165, 1.54) is 41.2 Å². The lowest BCUT2D eigenvalue weighted by atomic mass is 9.82. The zero-order valence-electron chi connectivity index (χ0n) is 23.8. The number of aryl methyl sites for hydroxylation is 1. The van der Waals surface area contributed by atoms with E-state index in [1.807, 2.05) is 43.2 Å². The first-order valence-corrected chi connectivity index (χ1v) is 14.4. The van der Waals surface area contributed by atoms with Gasteiger partial charge in [0.25, 0.3) is 5.91 Å². The molecule has 0 saturated carbocycles. The van der Waals surface area contributed by atoms with Crippen molar-refractivity contribution in [2.45, 2.75) is 80.1 Å². The van der Waals surface area contributed by atoms with E-state index in [4.69, 9.17) is 0 Å². The summed E-state index contributed by atoms with van der Waals surface area (Å²) in [4.78, 5) is 32.8. The topological polar surface area (TPSA) is 52.7 Å². The SMILES string of the molecule is CN/C(C)=C\C(C)=C(/C=O)CN1CCCc2sc([C@H](C)C3CCN(CC(C)(C)C)CC3)c(C)c2C1=O. The summed E-state index contributed by atoms with van der Waals surface area (Å²) in [6, 6.07) is 0. The smallest absolute Gasteiger partial charge is 0.255 e. The second-order valence-corrected chi connectivity index (χ2v) is 13.2. The Labute approximate surface area is 223 Å². The number of nitrogens with one attached hydrogen (secondary N) is 1. The van der Waals surface area contributed by atoms with Crippen LogP contribution in [0.5, 0.6) is 0 Å². The quantitative estimate of drug-likeness (QED) is 0.265. The van der Waals surface area contributed by atoms with Gasteiger partial charge in [-0.1, -0.05) is 27.7 Å². The van der Waals surface area contributed by atoms with Crippen LogP contribution in [0.2, 0.25) is 0 Å². The van der Waals surface area contributed by atoms with E-state index in [0.29, 0.717) is 35.9 Å². The molecule has 2 aliphatic rings. The highest BCUT2D eigenvalue weighted by molar-refractivity contribution is 7.12. The van der Waals surface area contributed by atoms with Gasteiger partial charge in [0.1, 0.15) is 6.29 Å². The lowest BCUT2D eigenvalue weighted by Gasteiger charge is -2.38. The molecule has 0 radical (unpaired) electrons. The fourth-order valence-corrected chi connectivity index (χ4v) is 7.26. The zero-order chi connectivity index (χ0) is 26.6. The second-order valence-electron chi connectivity index (χ2n) is 12.1. The van der Waals surface area contributed by atoms with Crippen LogP contribution >= 0.6 is 11.3 Å². The molecule has 1 atom stereocenters. The van der Waals surface area contributed by atoms with E-state index in [-0.39, 0.29) is 5.91 Å². The summed E-state index contributed by atoms with van der Waals surface area (Å²) < 4.78 is 0. The number of carbonyl (C=O) groups is 2. The molecular formula is C30H47N3O2S. The first-order valence-electron chi connectivity index (χ1n) is 13.6. The van der Waals surface area contributed by atoms with Crippen LogP contribution in [0.4, 0.5) is 0 Å². The highest BCUT2D eigenvalue weighted by Crippen LogP contribution is 2.42. The average molecular weight is 514 g/mol. The zero-order valence-corrected chi connectivity index (χ0v) is 24.6. The molecule has 1 amide bonds. The molecule has 36 heavy (non-hydrogen) atoms. The van der Waals surface area contributed by atoms with Crippen molar-refractivity contribution in [2.75, 3.05) is 39.8 Å². The highest BCUT2D eigenvalue weighted by Gasteiger charge is 2.33. The molecule has 1 N–H and O–H groups in total. The van der Waals surface area contributed by atoms with Crippen molar-refractivity contribution in [3.63, 3.8) is 0 Å². The third-order valence-electron chi connectivity index (χ3n) is 7.88. The van der Waals surface area contributed by atoms with Crippen molar-refractivity contribution in [3.05, 3.63) is 43.8 Å². The Balaban J connectivity index is 1.77. The van der Waals surface area contributed by atoms with Gasteiger partial charge in [-0.3, -0.25) is 9.59 Å². The number of hydrogen-bond acceptors (Lipinski definition) is 5. The van der Waals surface area contributed by atoms with Gasteiger partial charge >= 0.3 is 0 Å². The van der Waals surface area contributed by atoms with Crippen LogP contribution in [0.1, 0.15) is 92.4 Å². The normalized spacial score (nSPS) is 20.1. The van der Waals surface area contributed by atoms with Crippen LogP contribution in [0.3, 0.4) is 0 Å². The molecule has 0 bridgehead atoms. The summed E-state index contributed by atoms with van der Waals surface area (Å²) in [7, 11) is 1.87. The summed E-state index contributed by atoms with van der Waals surface area (Å²) in [6.45, 7) is 20.0. The van der Waals surface area contributed by atoms with E-state index in [1.54, 1.807) is 0 Å². The second kappa shape index (κ2) is 12.1. The van der Waals surface area contributed by atoms with Crippen molar-refractivity contribution >= 4 is 23.5 Å². The van der Waals surface area contributed by atoms with E-state index in [9.17, 15) is 9.59 Å². The Kier molecular flexibility index (Phi) is 9.62. The van der Waals surface area contributed by atoms with Crippen LogP contribution in [-0.4, -0.2) is 61.8 Å². The summed E-state index contributed by atoms with van der Waals surface area (Å²) in [6.07, 6.45) is 7.22. The molecule has 2 aliphatic heterocycles. The van der Waals surface area contributed by atoms with Gasteiger partial charge < -0.3 is 15.1 Å². The summed E-state index contributed by atoms with van der Waals surface area (Å²) in [5.74, 6) is 1.24. The Morgan fingerprint density at radius 3 is 2.44 bits per heavy atom. The van der Waals surface area contributed by atoms with Gasteiger partial charge in [-0.15, -0.1) is 11.3 Å². The maximum absolute atomic E-state index is 13.8. The summed E-state index contributed by atoms with van der Waals surface area (Å²) >= 11 is 1.88. The van der Waals surface area contributed by atoms with E-state index in [0.717, 1.165) is 42.5 Å². The Morgan fingerprint density at radius 1 is 1.19 bits per heavy atom. The van der Waals surface area contributed by atoms with E-state index in [2.05, 4.69) is 44.8 Å². The first-order chi connectivity index (χ1) is 16.9. The van der Waals surface area contributed by atoms with Crippen LogP contribution in [0, 0.1) is 18.3 Å². The van der Waals surface area contributed by atoms with Gasteiger partial charge in [0, 0.05) is 47.7 Å². The number of hydrogen-bond donors (Lipinski definition) is 1. The minimum absolute atomic E-state index is 0.0937. The minimum atomic E-state index is 0.0937. The molecule has 0 unspecified atom stereocenters. The number of likely N-dealkylation sites (tertiary alicyclic amines) is 1. The lowest BCUT2D eigenvalue weighted by molar-refractivity contribution is -0.105. The fraction of sp³-hybridized carbons (Fsp3) is 0.667. The van der Waals surface area contributed by atoms with Crippen molar-refractivity contribution in [1.82, 2.24) is 15.1 Å². The number of fused-ring (bicyclic) bond motifs is 1. The van der Waals surface area contributed by atoms with E-state index < -0.39 is 0 Å². The monoisotopic (exact) mass is 513 g/mol. The molecule has 0 aliphatic carbocycles. The number of amides is 1. The molecule has 0 aromatic carbocycles. The Bertz CT molecular complexity index is 1010. The van der Waals surface area contributed by atoms with Crippen molar-refractivity contribution in [1.29, 1.82) is 0 Å². The molecule has 6 heteroatoms. The molecule has 1 aromatic heterocycles. The predicted molar refractivity (Wildman–Crippen MR) is 152 cm³/mol. The lowest BCUT2D eigenvalue weighted by Crippen LogP contribution is -2.40. The largest absolute Gasteiger partial charge is 0.392 e. The fourth-order valence-electron chi connectivity index (χ4n) is 5.77. The molecule has 5 nitrogen and oxygen atoms in total. The molecule has 1 aromatic rings. The maximum atomic E-state index is 13.8. The molecule has 3 rings (SSSR count). The third kappa shape index (κ3) is 6.89. The highest BCUT2D eigenvalue weighted by atomic mass is 32.1. The number of aldehydes is 1. The standard InChI is InChI=1S/C30H47N3O2S/c1-20(16-21(2)31-8)25(18-34)17-33-13-9-10-26-27(29(33)35)23(4)28(36-26)22(3)24-11-14-32(15-12-24)19-30(5,6)7/h16,18,22,24,31H,9-15,17,19H2,1-8H3/b21-16-,25-20-/t22-/m1/s1. The number of carbonyl (C=O) groups excluding carboxylic acids is 2. The molecular weight excluding hydrogens is 466 g/mol. The molecule has 3 heterocycles. The van der Waals surface area contributed by atoms with Crippen molar-refractivity contribution in [3.8, 4) is 0 Å². The average Bonchev–Trinajstić information content (AvgIpc) is 3.06. The Hall–Kier alpha value is -1.92. The number of thiophene rings is 1. The molecule has 1 saturated heterocycles.